The van der Waals surface area contributed by atoms with Crippen LogP contribution >= 0.6 is 0 Å². The van der Waals surface area contributed by atoms with Crippen LogP contribution in [0.5, 0.6) is 5.75 Å². The molecule has 0 aliphatic carbocycles. The Balaban J connectivity index is 1.56. The number of ether oxygens (including phenoxy) is 2. The molecule has 3 aromatic rings. The summed E-state index contributed by atoms with van der Waals surface area (Å²) in [5.74, 6) is 1.37. The van der Waals surface area contributed by atoms with Crippen LogP contribution in [0, 0.1) is 11.3 Å². The van der Waals surface area contributed by atoms with Crippen LogP contribution in [-0.4, -0.2) is 63.2 Å². The SMILES string of the molecule is CCOc1cc(-c2ccc(N3CC[C@@H](O)[C@@H](NC(=O)OC(C)(C)C)C3)nc2)c2c(C#N)cnn2c1. The average Bonchev–Trinajstić information content (AvgIpc) is 3.22. The van der Waals surface area contributed by atoms with Gasteiger partial charge in [0.1, 0.15) is 23.2 Å². The smallest absolute Gasteiger partial charge is 0.408 e. The molecule has 4 rings (SSSR count). The highest BCUT2D eigenvalue weighted by Gasteiger charge is 2.31. The van der Waals surface area contributed by atoms with Gasteiger partial charge in [-0.2, -0.15) is 10.4 Å². The fourth-order valence-corrected chi connectivity index (χ4v) is 4.13. The van der Waals surface area contributed by atoms with Gasteiger partial charge in [0.2, 0.25) is 0 Å². The largest absolute Gasteiger partial charge is 0.492 e. The maximum atomic E-state index is 12.2. The fourth-order valence-electron chi connectivity index (χ4n) is 4.13. The summed E-state index contributed by atoms with van der Waals surface area (Å²) in [6.07, 6.45) is 4.30. The Labute approximate surface area is 204 Å². The molecule has 2 N–H and O–H groups in total. The summed E-state index contributed by atoms with van der Waals surface area (Å²) < 4.78 is 12.7. The van der Waals surface area contributed by atoms with E-state index in [1.807, 2.05) is 30.0 Å². The van der Waals surface area contributed by atoms with Gasteiger partial charge in [-0.05, 0) is 52.3 Å². The van der Waals surface area contributed by atoms with Crippen molar-refractivity contribution in [1.82, 2.24) is 19.9 Å². The van der Waals surface area contributed by atoms with Crippen molar-refractivity contribution < 1.29 is 19.4 Å². The van der Waals surface area contributed by atoms with Crippen LogP contribution in [0.15, 0.2) is 36.8 Å². The topological polar surface area (TPSA) is 125 Å². The zero-order valence-corrected chi connectivity index (χ0v) is 20.4. The monoisotopic (exact) mass is 478 g/mol. The second-order valence-electron chi connectivity index (χ2n) is 9.45. The summed E-state index contributed by atoms with van der Waals surface area (Å²) in [4.78, 5) is 18.9. The minimum Gasteiger partial charge on any atom is -0.492 e. The summed E-state index contributed by atoms with van der Waals surface area (Å²) in [5, 5.41) is 27.0. The van der Waals surface area contributed by atoms with Gasteiger partial charge in [-0.3, -0.25) is 0 Å². The first-order valence-electron chi connectivity index (χ1n) is 11.6. The second-order valence-corrected chi connectivity index (χ2v) is 9.45. The van der Waals surface area contributed by atoms with E-state index < -0.39 is 23.8 Å². The van der Waals surface area contributed by atoms with Crippen molar-refractivity contribution in [3.05, 3.63) is 42.4 Å². The van der Waals surface area contributed by atoms with E-state index in [0.717, 1.165) is 16.9 Å². The third kappa shape index (κ3) is 5.46. The number of nitrogens with zero attached hydrogens (tertiary/aromatic N) is 5. The van der Waals surface area contributed by atoms with Gasteiger partial charge in [0.15, 0.2) is 0 Å². The van der Waals surface area contributed by atoms with Crippen molar-refractivity contribution >= 4 is 17.4 Å². The second kappa shape index (κ2) is 9.80. The Morgan fingerprint density at radius 3 is 2.80 bits per heavy atom. The van der Waals surface area contributed by atoms with Crippen molar-refractivity contribution in [2.24, 2.45) is 0 Å². The fraction of sp³-hybridized carbons (Fsp3) is 0.440. The molecule has 0 spiro atoms. The molecule has 10 heteroatoms. The highest BCUT2D eigenvalue weighted by molar-refractivity contribution is 5.85. The number of nitrogens with one attached hydrogen (secondary N) is 1. The number of rotatable bonds is 5. The van der Waals surface area contributed by atoms with E-state index in [4.69, 9.17) is 9.47 Å². The molecular weight excluding hydrogens is 448 g/mol. The third-order valence-corrected chi connectivity index (χ3v) is 5.68. The average molecular weight is 479 g/mol. The molecule has 0 unspecified atom stereocenters. The molecule has 1 fully saturated rings. The number of amides is 1. The molecular formula is C25H30N6O4. The predicted octanol–water partition coefficient (Wildman–Crippen LogP) is 3.13. The van der Waals surface area contributed by atoms with Crippen LogP contribution in [0.3, 0.4) is 0 Å². The number of hydrogen-bond acceptors (Lipinski definition) is 8. The number of carbonyl (C=O) groups excluding carboxylic acids is 1. The van der Waals surface area contributed by atoms with Crippen molar-refractivity contribution in [3.8, 4) is 22.9 Å². The Kier molecular flexibility index (Phi) is 6.80. The van der Waals surface area contributed by atoms with Gasteiger partial charge in [-0.1, -0.05) is 0 Å². The lowest BCUT2D eigenvalue weighted by Gasteiger charge is -2.37. The van der Waals surface area contributed by atoms with Crippen molar-refractivity contribution in [2.75, 3.05) is 24.6 Å². The minimum absolute atomic E-state index is 0.401. The molecule has 1 amide bonds. The molecule has 0 radical (unpaired) electrons. The lowest BCUT2D eigenvalue weighted by Crippen LogP contribution is -2.56. The van der Waals surface area contributed by atoms with E-state index in [-0.39, 0.29) is 0 Å². The zero-order valence-electron chi connectivity index (χ0n) is 20.4. The Morgan fingerprint density at radius 1 is 1.34 bits per heavy atom. The van der Waals surface area contributed by atoms with E-state index in [0.29, 0.717) is 42.9 Å². The van der Waals surface area contributed by atoms with E-state index in [1.54, 1.807) is 37.7 Å². The first-order chi connectivity index (χ1) is 16.7. The summed E-state index contributed by atoms with van der Waals surface area (Å²) in [5.41, 5.74) is 2.15. The molecule has 184 valence electrons. The van der Waals surface area contributed by atoms with Crippen molar-refractivity contribution in [3.63, 3.8) is 0 Å². The van der Waals surface area contributed by atoms with E-state index in [9.17, 15) is 15.2 Å². The Bertz CT molecular complexity index is 1240. The van der Waals surface area contributed by atoms with Gasteiger partial charge < -0.3 is 24.8 Å². The van der Waals surface area contributed by atoms with Crippen LogP contribution in [0.4, 0.5) is 10.6 Å². The molecule has 1 aliphatic heterocycles. The van der Waals surface area contributed by atoms with Crippen LogP contribution < -0.4 is 15.0 Å². The van der Waals surface area contributed by atoms with Crippen LogP contribution in [0.1, 0.15) is 39.7 Å². The van der Waals surface area contributed by atoms with E-state index >= 15 is 0 Å². The van der Waals surface area contributed by atoms with Crippen molar-refractivity contribution in [2.45, 2.75) is 51.9 Å². The molecule has 0 bridgehead atoms. The lowest BCUT2D eigenvalue weighted by atomic mass is 10.0. The number of aromatic nitrogens is 3. The lowest BCUT2D eigenvalue weighted by molar-refractivity contribution is 0.0399. The molecule has 2 atom stereocenters. The molecule has 10 nitrogen and oxygen atoms in total. The van der Waals surface area contributed by atoms with Gasteiger partial charge in [0.25, 0.3) is 0 Å². The van der Waals surface area contributed by atoms with E-state index in [1.165, 1.54) is 6.20 Å². The molecule has 0 aromatic carbocycles. The van der Waals surface area contributed by atoms with E-state index in [2.05, 4.69) is 21.5 Å². The maximum absolute atomic E-state index is 12.2. The molecule has 1 saturated heterocycles. The number of alkyl carbamates (subject to hydrolysis) is 1. The number of nitriles is 1. The summed E-state index contributed by atoms with van der Waals surface area (Å²) >= 11 is 0. The zero-order chi connectivity index (χ0) is 25.2. The van der Waals surface area contributed by atoms with Crippen LogP contribution in [0.25, 0.3) is 16.6 Å². The molecule has 4 heterocycles. The number of fused-ring (bicyclic) bond motifs is 1. The molecule has 0 saturated carbocycles. The molecule has 3 aromatic heterocycles. The van der Waals surface area contributed by atoms with Gasteiger partial charge >= 0.3 is 6.09 Å². The number of anilines is 1. The summed E-state index contributed by atoms with van der Waals surface area (Å²) in [7, 11) is 0. The summed E-state index contributed by atoms with van der Waals surface area (Å²) in [6.45, 7) is 8.80. The van der Waals surface area contributed by atoms with Crippen molar-refractivity contribution in [1.29, 1.82) is 5.26 Å². The number of piperidine rings is 1. The van der Waals surface area contributed by atoms with Gasteiger partial charge in [-0.15, -0.1) is 0 Å². The molecule has 35 heavy (non-hydrogen) atoms. The third-order valence-electron chi connectivity index (χ3n) is 5.68. The highest BCUT2D eigenvalue weighted by atomic mass is 16.6. The standard InChI is InChI=1S/C25H30N6O4/c1-5-34-18-10-19(23-17(11-26)13-28-31(23)14-18)16-6-7-22(27-12-16)30-9-8-21(32)20(15-30)29-24(33)35-25(2,3)4/h6-7,10,12-14,20-21,32H,5,8-9,15H2,1-4H3,(H,29,33)/t20-,21+/m0/s1. The molecule has 1 aliphatic rings. The first-order valence-corrected chi connectivity index (χ1v) is 11.6. The Morgan fingerprint density at radius 2 is 2.14 bits per heavy atom. The number of aliphatic hydroxyl groups is 1. The number of hydrogen-bond donors (Lipinski definition) is 2. The minimum atomic E-state index is -0.668. The predicted molar refractivity (Wildman–Crippen MR) is 130 cm³/mol. The van der Waals surface area contributed by atoms with Gasteiger partial charge in [-0.25, -0.2) is 14.3 Å². The normalized spacial score (nSPS) is 18.2. The highest BCUT2D eigenvalue weighted by Crippen LogP contribution is 2.31. The number of aliphatic hydroxyl groups excluding tert-OH is 1. The quantitative estimate of drug-likeness (QED) is 0.573. The van der Waals surface area contributed by atoms with Gasteiger partial charge in [0.05, 0.1) is 42.2 Å². The van der Waals surface area contributed by atoms with Gasteiger partial charge in [0, 0.05) is 30.4 Å². The number of carbonyl (C=O) groups is 1. The van der Waals surface area contributed by atoms with Crippen LogP contribution in [0.2, 0.25) is 0 Å². The number of pyridine rings is 2. The first kappa shape index (κ1) is 24.3. The summed E-state index contributed by atoms with van der Waals surface area (Å²) in [6, 6.07) is 7.42. The Hall–Kier alpha value is -3.84. The van der Waals surface area contributed by atoms with Crippen LogP contribution in [-0.2, 0) is 4.74 Å². The maximum Gasteiger partial charge on any atom is 0.408 e.